The molecule has 0 atom stereocenters. The van der Waals surface area contributed by atoms with Crippen LogP contribution in [0.15, 0.2) is 22.1 Å². The fraction of sp³-hybridized carbons (Fsp3) is 0.111. The first-order valence-corrected chi connectivity index (χ1v) is 4.64. The summed E-state index contributed by atoms with van der Waals surface area (Å²) in [6, 6.07) is 1.98. The van der Waals surface area contributed by atoms with Crippen LogP contribution in [0, 0.1) is 6.92 Å². The lowest BCUT2D eigenvalue weighted by atomic mass is 10.3. The van der Waals surface area contributed by atoms with Gasteiger partial charge >= 0.3 is 0 Å². The van der Waals surface area contributed by atoms with E-state index >= 15 is 0 Å². The highest BCUT2D eigenvalue weighted by Gasteiger charge is 2.07. The van der Waals surface area contributed by atoms with Crippen LogP contribution in [-0.2, 0) is 0 Å². The predicted octanol–water partition coefficient (Wildman–Crippen LogP) is 2.52. The number of hydrogen-bond acceptors (Lipinski definition) is 4. The third-order valence-corrected chi connectivity index (χ3v) is 2.62. The minimum Gasteiger partial charge on any atom is -0.433 e. The molecule has 0 saturated carbocycles. The van der Waals surface area contributed by atoms with Crippen LogP contribution < -0.4 is 0 Å². The zero-order valence-electron chi connectivity index (χ0n) is 6.98. The Kier molecular flexibility index (Phi) is 1.98. The Morgan fingerprint density at radius 3 is 3.00 bits per heavy atom. The van der Waals surface area contributed by atoms with Crippen LogP contribution in [0.5, 0.6) is 0 Å². The summed E-state index contributed by atoms with van der Waals surface area (Å²) < 4.78 is 5.16. The molecule has 4 heteroatoms. The largest absolute Gasteiger partial charge is 0.433 e. The summed E-state index contributed by atoms with van der Waals surface area (Å²) in [6.45, 7) is 2.00. The second-order valence-corrected chi connectivity index (χ2v) is 3.59. The number of aldehydes is 1. The highest BCUT2D eigenvalue weighted by atomic mass is 32.1. The van der Waals surface area contributed by atoms with Crippen molar-refractivity contribution in [3.05, 3.63) is 29.0 Å². The Labute approximate surface area is 79.0 Å². The average molecular weight is 193 g/mol. The second kappa shape index (κ2) is 3.14. The van der Waals surface area contributed by atoms with Crippen LogP contribution in [0.2, 0.25) is 0 Å². The van der Waals surface area contributed by atoms with E-state index in [0.717, 1.165) is 4.88 Å². The van der Waals surface area contributed by atoms with E-state index in [4.69, 9.17) is 4.42 Å². The first-order valence-electron chi connectivity index (χ1n) is 3.76. The van der Waals surface area contributed by atoms with E-state index in [1.165, 1.54) is 11.8 Å². The number of aromatic nitrogens is 1. The fourth-order valence-corrected chi connectivity index (χ4v) is 1.83. The van der Waals surface area contributed by atoms with E-state index in [-0.39, 0.29) is 5.76 Å². The lowest BCUT2D eigenvalue weighted by Crippen LogP contribution is -1.68. The smallest absolute Gasteiger partial charge is 0.237 e. The third-order valence-electron chi connectivity index (χ3n) is 1.58. The van der Waals surface area contributed by atoms with Gasteiger partial charge < -0.3 is 4.42 Å². The number of thiophene rings is 1. The summed E-state index contributed by atoms with van der Waals surface area (Å²) >= 11 is 1.55. The number of carbonyl (C=O) groups excluding carboxylic acids is 1. The maximum absolute atomic E-state index is 10.3. The average Bonchev–Trinajstić information content (AvgIpc) is 2.71. The molecule has 0 spiro atoms. The van der Waals surface area contributed by atoms with Gasteiger partial charge in [0.25, 0.3) is 0 Å². The molecule has 2 aromatic rings. The van der Waals surface area contributed by atoms with Gasteiger partial charge in [-0.2, -0.15) is 0 Å². The molecule has 0 fully saturated rings. The highest BCUT2D eigenvalue weighted by molar-refractivity contribution is 7.13. The molecule has 3 nitrogen and oxygen atoms in total. The predicted molar refractivity (Wildman–Crippen MR) is 49.9 cm³/mol. The van der Waals surface area contributed by atoms with Crippen molar-refractivity contribution in [2.45, 2.75) is 6.92 Å². The summed E-state index contributed by atoms with van der Waals surface area (Å²) in [4.78, 5) is 15.3. The minimum absolute atomic E-state index is 0.265. The Morgan fingerprint density at radius 1 is 1.62 bits per heavy atom. The Hall–Kier alpha value is -1.42. The topological polar surface area (TPSA) is 43.1 Å². The van der Waals surface area contributed by atoms with Crippen molar-refractivity contribution < 1.29 is 9.21 Å². The number of oxazole rings is 1. The zero-order chi connectivity index (χ0) is 9.26. The van der Waals surface area contributed by atoms with Crippen LogP contribution >= 0.6 is 11.3 Å². The molecule has 0 saturated heterocycles. The van der Waals surface area contributed by atoms with E-state index in [1.54, 1.807) is 11.3 Å². The molecule has 0 unspecified atom stereocenters. The molecule has 13 heavy (non-hydrogen) atoms. The van der Waals surface area contributed by atoms with Gasteiger partial charge in [-0.1, -0.05) is 0 Å². The van der Waals surface area contributed by atoms with Crippen molar-refractivity contribution in [1.82, 2.24) is 4.98 Å². The van der Waals surface area contributed by atoms with Gasteiger partial charge in [-0.15, -0.1) is 11.3 Å². The zero-order valence-corrected chi connectivity index (χ0v) is 7.80. The van der Waals surface area contributed by atoms with Crippen LogP contribution in [-0.4, -0.2) is 11.3 Å². The highest BCUT2D eigenvalue weighted by Crippen LogP contribution is 2.25. The van der Waals surface area contributed by atoms with Crippen LogP contribution in [0.3, 0.4) is 0 Å². The normalized spacial score (nSPS) is 10.2. The van der Waals surface area contributed by atoms with Crippen LogP contribution in [0.1, 0.15) is 16.1 Å². The van der Waals surface area contributed by atoms with E-state index in [2.05, 4.69) is 4.98 Å². The monoisotopic (exact) mass is 193 g/mol. The first-order chi connectivity index (χ1) is 6.29. The van der Waals surface area contributed by atoms with Gasteiger partial charge in [0.05, 0.1) is 11.1 Å². The minimum atomic E-state index is 0.265. The van der Waals surface area contributed by atoms with Crippen molar-refractivity contribution in [3.8, 4) is 10.8 Å². The number of carbonyl (C=O) groups is 1. The summed E-state index contributed by atoms with van der Waals surface area (Å²) in [5, 5.41) is 2.01. The number of rotatable bonds is 2. The van der Waals surface area contributed by atoms with Gasteiger partial charge in [-0.3, -0.25) is 4.79 Å². The van der Waals surface area contributed by atoms with Gasteiger partial charge in [-0.25, -0.2) is 4.98 Å². The van der Waals surface area contributed by atoms with Gasteiger partial charge in [0.1, 0.15) is 0 Å². The third kappa shape index (κ3) is 1.53. The Balaban J connectivity index is 2.40. The van der Waals surface area contributed by atoms with Gasteiger partial charge in [0, 0.05) is 0 Å². The maximum Gasteiger partial charge on any atom is 0.237 e. The molecule has 0 aliphatic heterocycles. The van der Waals surface area contributed by atoms with Crippen LogP contribution in [0.25, 0.3) is 10.8 Å². The molecule has 2 rings (SSSR count). The van der Waals surface area contributed by atoms with E-state index in [1.807, 2.05) is 18.4 Å². The number of nitrogens with zero attached hydrogens (tertiary/aromatic N) is 1. The fourth-order valence-electron chi connectivity index (χ4n) is 0.998. The van der Waals surface area contributed by atoms with Crippen molar-refractivity contribution in [2.24, 2.45) is 0 Å². The molecule has 2 aromatic heterocycles. The lowest BCUT2D eigenvalue weighted by Gasteiger charge is -1.85. The number of hydrogen-bond donors (Lipinski definition) is 0. The van der Waals surface area contributed by atoms with Crippen molar-refractivity contribution in [1.29, 1.82) is 0 Å². The molecule has 0 radical (unpaired) electrons. The molecule has 0 bridgehead atoms. The van der Waals surface area contributed by atoms with Gasteiger partial charge in [0.2, 0.25) is 5.89 Å². The molecular weight excluding hydrogens is 186 g/mol. The van der Waals surface area contributed by atoms with Gasteiger partial charge in [0.15, 0.2) is 12.0 Å². The maximum atomic E-state index is 10.3. The Morgan fingerprint density at radius 2 is 2.46 bits per heavy atom. The molecule has 0 aromatic carbocycles. The molecule has 0 N–H and O–H groups in total. The quantitative estimate of drug-likeness (QED) is 0.688. The molecule has 66 valence electrons. The molecule has 0 amide bonds. The van der Waals surface area contributed by atoms with Crippen molar-refractivity contribution in [2.75, 3.05) is 0 Å². The van der Waals surface area contributed by atoms with E-state index in [9.17, 15) is 4.79 Å². The van der Waals surface area contributed by atoms with Crippen molar-refractivity contribution >= 4 is 17.6 Å². The van der Waals surface area contributed by atoms with E-state index in [0.29, 0.717) is 12.2 Å². The summed E-state index contributed by atoms with van der Waals surface area (Å²) in [7, 11) is 0. The standard InChI is InChI=1S/C9H7NO2S/c1-6-2-8(13-5-6)9-10-3-7(4-11)12-9/h2-5H,1H3. The van der Waals surface area contributed by atoms with Crippen LogP contribution in [0.4, 0.5) is 0 Å². The lowest BCUT2D eigenvalue weighted by molar-refractivity contribution is 0.110. The molecule has 0 aliphatic carbocycles. The Bertz CT molecular complexity index is 430. The molecule has 2 heterocycles. The van der Waals surface area contributed by atoms with E-state index < -0.39 is 0 Å². The SMILES string of the molecule is Cc1csc(-c2ncc(C=O)o2)c1. The van der Waals surface area contributed by atoms with Crippen molar-refractivity contribution in [3.63, 3.8) is 0 Å². The van der Waals surface area contributed by atoms with Gasteiger partial charge in [-0.05, 0) is 23.9 Å². The molecule has 0 aliphatic rings. The first kappa shape index (κ1) is 8.19. The molecular formula is C9H7NO2S. The summed E-state index contributed by atoms with van der Waals surface area (Å²) in [6.07, 6.45) is 2.08. The summed E-state index contributed by atoms with van der Waals surface area (Å²) in [5.41, 5.74) is 1.17. The second-order valence-electron chi connectivity index (χ2n) is 2.67. The summed E-state index contributed by atoms with van der Waals surface area (Å²) in [5.74, 6) is 0.779. The number of aryl methyl sites for hydroxylation is 1.